The van der Waals surface area contributed by atoms with E-state index in [4.69, 9.17) is 14.5 Å². The first-order chi connectivity index (χ1) is 16.3. The predicted octanol–water partition coefficient (Wildman–Crippen LogP) is 4.96. The van der Waals surface area contributed by atoms with Crippen molar-refractivity contribution in [3.63, 3.8) is 0 Å². The maximum absolute atomic E-state index is 13.5. The Kier molecular flexibility index (Phi) is 5.68. The van der Waals surface area contributed by atoms with Gasteiger partial charge in [-0.15, -0.1) is 11.3 Å². The van der Waals surface area contributed by atoms with Crippen LogP contribution in [0.3, 0.4) is 0 Å². The fourth-order valence-corrected chi connectivity index (χ4v) is 6.57. The highest BCUT2D eigenvalue weighted by molar-refractivity contribution is 7.18. The average Bonchev–Trinajstić information content (AvgIpc) is 3.51. The molecule has 4 heterocycles. The number of amides is 1. The third-order valence-electron chi connectivity index (χ3n) is 7.07. The predicted molar refractivity (Wildman–Crippen MR) is 129 cm³/mol. The lowest BCUT2D eigenvalue weighted by atomic mass is 10.0. The van der Waals surface area contributed by atoms with E-state index in [-0.39, 0.29) is 18.0 Å². The number of piperidine rings is 1. The second-order valence-electron chi connectivity index (χ2n) is 9.15. The van der Waals surface area contributed by atoms with E-state index in [0.717, 1.165) is 66.4 Å². The van der Waals surface area contributed by atoms with E-state index in [1.54, 1.807) is 11.3 Å². The highest BCUT2D eigenvalue weighted by Gasteiger charge is 2.34. The maximum atomic E-state index is 13.5. The van der Waals surface area contributed by atoms with Gasteiger partial charge < -0.3 is 14.4 Å². The Morgan fingerprint density at radius 1 is 0.970 bits per heavy atom. The van der Waals surface area contributed by atoms with Gasteiger partial charge in [-0.25, -0.2) is 4.98 Å². The molecule has 2 atom stereocenters. The van der Waals surface area contributed by atoms with Crippen LogP contribution in [0.5, 0.6) is 11.5 Å². The number of benzene rings is 2. The molecule has 6 rings (SSSR count). The summed E-state index contributed by atoms with van der Waals surface area (Å²) < 4.78 is 12.7. The molecule has 0 radical (unpaired) electrons. The standard InChI is InChI=1S/C26H29N3O3S/c30-25(29-13-5-8-20(29)18-10-11-22-23(16-18)32-15-14-31-22)17-28-12-4-3-7-21(28)26-27-19-6-1-2-9-24(19)33-26/h1-2,6,9-11,16,20-21H,3-5,7-8,12-15,17H2/t20-,21-/m0/s1. The molecule has 2 aromatic carbocycles. The van der Waals surface area contributed by atoms with Crippen LogP contribution < -0.4 is 9.47 Å². The van der Waals surface area contributed by atoms with Crippen LogP contribution in [0.15, 0.2) is 42.5 Å². The van der Waals surface area contributed by atoms with Crippen LogP contribution in [0.25, 0.3) is 10.2 Å². The summed E-state index contributed by atoms with van der Waals surface area (Å²) >= 11 is 1.77. The molecular weight excluding hydrogens is 434 g/mol. The van der Waals surface area contributed by atoms with Gasteiger partial charge in [0.15, 0.2) is 11.5 Å². The van der Waals surface area contributed by atoms with Crippen molar-refractivity contribution in [1.29, 1.82) is 0 Å². The molecule has 33 heavy (non-hydrogen) atoms. The lowest BCUT2D eigenvalue weighted by molar-refractivity contribution is -0.134. The van der Waals surface area contributed by atoms with E-state index in [1.807, 2.05) is 12.1 Å². The summed E-state index contributed by atoms with van der Waals surface area (Å²) in [7, 11) is 0. The van der Waals surface area contributed by atoms with Crippen LogP contribution >= 0.6 is 11.3 Å². The lowest BCUT2D eigenvalue weighted by Gasteiger charge is -2.36. The number of likely N-dealkylation sites (tertiary alicyclic amines) is 2. The molecule has 7 heteroatoms. The minimum atomic E-state index is 0.110. The molecule has 3 aromatic rings. The van der Waals surface area contributed by atoms with Crippen LogP contribution in [0, 0.1) is 0 Å². The van der Waals surface area contributed by atoms with E-state index in [9.17, 15) is 4.79 Å². The summed E-state index contributed by atoms with van der Waals surface area (Å²) in [5.41, 5.74) is 2.21. The summed E-state index contributed by atoms with van der Waals surface area (Å²) in [6, 6.07) is 14.8. The van der Waals surface area contributed by atoms with Gasteiger partial charge in [0.25, 0.3) is 0 Å². The number of rotatable bonds is 4. The van der Waals surface area contributed by atoms with Gasteiger partial charge in [-0.1, -0.05) is 24.6 Å². The minimum Gasteiger partial charge on any atom is -0.486 e. The molecule has 3 aliphatic heterocycles. The molecule has 2 saturated heterocycles. The Labute approximate surface area is 198 Å². The Hall–Kier alpha value is -2.64. The highest BCUT2D eigenvalue weighted by atomic mass is 32.1. The van der Waals surface area contributed by atoms with Crippen LogP contribution in [0.4, 0.5) is 0 Å². The minimum absolute atomic E-state index is 0.110. The number of para-hydroxylation sites is 1. The summed E-state index contributed by atoms with van der Waals surface area (Å²) in [6.45, 7) is 3.39. The quantitative estimate of drug-likeness (QED) is 0.548. The summed E-state index contributed by atoms with van der Waals surface area (Å²) in [5, 5.41) is 1.15. The van der Waals surface area contributed by atoms with Gasteiger partial charge in [0.05, 0.1) is 28.8 Å². The van der Waals surface area contributed by atoms with Gasteiger partial charge >= 0.3 is 0 Å². The van der Waals surface area contributed by atoms with Gasteiger partial charge in [-0.3, -0.25) is 9.69 Å². The molecule has 0 saturated carbocycles. The third-order valence-corrected chi connectivity index (χ3v) is 8.21. The normalized spacial score (nSPS) is 23.2. The second-order valence-corrected chi connectivity index (χ2v) is 10.2. The molecule has 6 nitrogen and oxygen atoms in total. The number of hydrogen-bond donors (Lipinski definition) is 0. The molecule has 2 fully saturated rings. The van der Waals surface area contributed by atoms with Crippen molar-refractivity contribution in [2.24, 2.45) is 0 Å². The Balaban J connectivity index is 1.20. The number of hydrogen-bond acceptors (Lipinski definition) is 6. The number of ether oxygens (including phenoxy) is 2. The van der Waals surface area contributed by atoms with Gasteiger partial charge in [0, 0.05) is 6.54 Å². The highest BCUT2D eigenvalue weighted by Crippen LogP contribution is 2.39. The Morgan fingerprint density at radius 2 is 1.82 bits per heavy atom. The lowest BCUT2D eigenvalue weighted by Crippen LogP contribution is -2.43. The zero-order valence-electron chi connectivity index (χ0n) is 18.7. The zero-order valence-corrected chi connectivity index (χ0v) is 19.6. The monoisotopic (exact) mass is 463 g/mol. The molecular formula is C26H29N3O3S. The van der Waals surface area contributed by atoms with Crippen molar-refractivity contribution >= 4 is 27.5 Å². The fraction of sp³-hybridized carbons (Fsp3) is 0.462. The van der Waals surface area contributed by atoms with E-state index >= 15 is 0 Å². The molecule has 1 aromatic heterocycles. The molecule has 0 aliphatic carbocycles. The second kappa shape index (κ2) is 8.95. The van der Waals surface area contributed by atoms with Crippen molar-refractivity contribution in [1.82, 2.24) is 14.8 Å². The fourth-order valence-electron chi connectivity index (χ4n) is 5.44. The van der Waals surface area contributed by atoms with Gasteiger partial charge in [-0.2, -0.15) is 0 Å². The van der Waals surface area contributed by atoms with Crippen LogP contribution in [-0.4, -0.2) is 53.5 Å². The molecule has 3 aliphatic rings. The Bertz CT molecular complexity index is 1130. The van der Waals surface area contributed by atoms with E-state index in [2.05, 4.69) is 40.1 Å². The third kappa shape index (κ3) is 4.08. The van der Waals surface area contributed by atoms with Crippen molar-refractivity contribution < 1.29 is 14.3 Å². The average molecular weight is 464 g/mol. The number of aromatic nitrogens is 1. The Morgan fingerprint density at radius 3 is 2.73 bits per heavy atom. The number of nitrogens with zero attached hydrogens (tertiary/aromatic N) is 3. The zero-order chi connectivity index (χ0) is 22.2. The van der Waals surface area contributed by atoms with Crippen molar-refractivity contribution in [2.45, 2.75) is 44.2 Å². The molecule has 0 unspecified atom stereocenters. The summed E-state index contributed by atoms with van der Waals surface area (Å²) in [5.74, 6) is 1.82. The largest absolute Gasteiger partial charge is 0.486 e. The van der Waals surface area contributed by atoms with Crippen molar-refractivity contribution in [3.8, 4) is 11.5 Å². The van der Waals surface area contributed by atoms with Gasteiger partial charge in [0.2, 0.25) is 5.91 Å². The topological polar surface area (TPSA) is 54.9 Å². The SMILES string of the molecule is O=C(CN1CCCC[C@H]1c1nc2ccccc2s1)N1CCC[C@H]1c1ccc2c(c1)OCCO2. The molecule has 172 valence electrons. The number of carbonyl (C=O) groups is 1. The van der Waals surface area contributed by atoms with Crippen LogP contribution in [0.2, 0.25) is 0 Å². The number of fused-ring (bicyclic) bond motifs is 2. The van der Waals surface area contributed by atoms with E-state index in [1.165, 1.54) is 11.1 Å². The number of thiazole rings is 1. The van der Waals surface area contributed by atoms with E-state index in [0.29, 0.717) is 19.8 Å². The molecule has 0 spiro atoms. The van der Waals surface area contributed by atoms with Crippen molar-refractivity contribution in [2.75, 3.05) is 32.8 Å². The van der Waals surface area contributed by atoms with Crippen LogP contribution in [-0.2, 0) is 4.79 Å². The smallest absolute Gasteiger partial charge is 0.237 e. The van der Waals surface area contributed by atoms with Gasteiger partial charge in [0.1, 0.15) is 18.2 Å². The molecule has 0 bridgehead atoms. The first-order valence-electron chi connectivity index (χ1n) is 12.0. The summed E-state index contributed by atoms with van der Waals surface area (Å²) in [4.78, 5) is 22.9. The number of carbonyl (C=O) groups excluding carboxylic acids is 1. The van der Waals surface area contributed by atoms with Gasteiger partial charge in [-0.05, 0) is 62.1 Å². The molecule has 1 amide bonds. The molecule has 0 N–H and O–H groups in total. The summed E-state index contributed by atoms with van der Waals surface area (Å²) in [6.07, 6.45) is 5.42. The first kappa shape index (κ1) is 20.9. The van der Waals surface area contributed by atoms with Crippen LogP contribution in [0.1, 0.15) is 54.8 Å². The maximum Gasteiger partial charge on any atom is 0.237 e. The van der Waals surface area contributed by atoms with E-state index < -0.39 is 0 Å². The first-order valence-corrected chi connectivity index (χ1v) is 12.9. The van der Waals surface area contributed by atoms with Crippen molar-refractivity contribution in [3.05, 3.63) is 53.0 Å².